The van der Waals surface area contributed by atoms with Gasteiger partial charge in [0.25, 0.3) is 0 Å². The van der Waals surface area contributed by atoms with Gasteiger partial charge >= 0.3 is 0 Å². The fourth-order valence-electron chi connectivity index (χ4n) is 3.92. The molecule has 26 heavy (non-hydrogen) atoms. The van der Waals surface area contributed by atoms with Gasteiger partial charge in [0.2, 0.25) is 5.91 Å². The van der Waals surface area contributed by atoms with Crippen LogP contribution >= 0.6 is 11.3 Å². The van der Waals surface area contributed by atoms with Crippen LogP contribution in [0.3, 0.4) is 0 Å². The first-order chi connectivity index (χ1) is 12.8. The summed E-state index contributed by atoms with van der Waals surface area (Å²) in [5.41, 5.74) is 0.945. The van der Waals surface area contributed by atoms with Crippen LogP contribution in [0.15, 0.2) is 18.3 Å². The maximum atomic E-state index is 12.6. The second-order valence-corrected chi connectivity index (χ2v) is 8.26. The van der Waals surface area contributed by atoms with Gasteiger partial charge in [0, 0.05) is 25.8 Å². The van der Waals surface area contributed by atoms with E-state index in [1.54, 1.807) is 17.5 Å². The molecule has 0 spiro atoms. The molecule has 4 rings (SSSR count). The van der Waals surface area contributed by atoms with Crippen molar-refractivity contribution >= 4 is 32.7 Å². The number of aromatic nitrogens is 2. The fraction of sp³-hybridized carbons (Fsp3) is 0.632. The molecule has 0 radical (unpaired) electrons. The van der Waals surface area contributed by atoms with Crippen LogP contribution in [0.25, 0.3) is 10.3 Å². The molecule has 140 valence electrons. The number of piperidine rings is 1. The summed E-state index contributed by atoms with van der Waals surface area (Å²) < 4.78 is 0. The zero-order valence-corrected chi connectivity index (χ0v) is 16.0. The van der Waals surface area contributed by atoms with Crippen LogP contribution in [0.5, 0.6) is 0 Å². The summed E-state index contributed by atoms with van der Waals surface area (Å²) in [7, 11) is 0. The predicted octanol–water partition coefficient (Wildman–Crippen LogP) is 2.51. The normalized spacial score (nSPS) is 21.4. The third-order valence-electron chi connectivity index (χ3n) is 5.37. The minimum Gasteiger partial charge on any atom is -0.356 e. The van der Waals surface area contributed by atoms with Crippen molar-refractivity contribution in [1.82, 2.24) is 20.2 Å². The average Bonchev–Trinajstić information content (AvgIpc) is 3.34. The molecule has 0 aliphatic carbocycles. The molecule has 4 heterocycles. The van der Waals surface area contributed by atoms with Gasteiger partial charge in [-0.1, -0.05) is 11.3 Å². The Bertz CT molecular complexity index is 709. The Morgan fingerprint density at radius 3 is 3.00 bits per heavy atom. The van der Waals surface area contributed by atoms with E-state index in [9.17, 15) is 4.79 Å². The zero-order valence-electron chi connectivity index (χ0n) is 15.2. The van der Waals surface area contributed by atoms with Gasteiger partial charge in [-0.05, 0) is 63.9 Å². The monoisotopic (exact) mass is 373 g/mol. The molecular weight excluding hydrogens is 346 g/mol. The van der Waals surface area contributed by atoms with Crippen molar-refractivity contribution in [3.8, 4) is 0 Å². The van der Waals surface area contributed by atoms with Crippen LogP contribution in [-0.4, -0.2) is 60.0 Å². The lowest BCUT2D eigenvalue weighted by Crippen LogP contribution is -2.43. The van der Waals surface area contributed by atoms with E-state index in [0.717, 1.165) is 60.9 Å². The number of rotatable bonds is 6. The maximum absolute atomic E-state index is 12.6. The van der Waals surface area contributed by atoms with E-state index in [4.69, 9.17) is 4.98 Å². The first kappa shape index (κ1) is 17.7. The molecule has 0 bridgehead atoms. The first-order valence-electron chi connectivity index (χ1n) is 9.76. The number of hydrogen-bond donors (Lipinski definition) is 1. The highest BCUT2D eigenvalue weighted by atomic mass is 32.1. The average molecular weight is 374 g/mol. The highest BCUT2D eigenvalue weighted by Crippen LogP contribution is 2.30. The summed E-state index contributed by atoms with van der Waals surface area (Å²) in [6.07, 6.45) is 7.51. The quantitative estimate of drug-likeness (QED) is 0.789. The Morgan fingerprint density at radius 2 is 2.15 bits per heavy atom. The van der Waals surface area contributed by atoms with E-state index in [1.165, 1.54) is 25.9 Å². The number of amides is 1. The number of hydrogen-bond acceptors (Lipinski definition) is 6. The van der Waals surface area contributed by atoms with Gasteiger partial charge in [-0.2, -0.15) is 0 Å². The van der Waals surface area contributed by atoms with Crippen molar-refractivity contribution in [2.24, 2.45) is 5.92 Å². The maximum Gasteiger partial charge on any atom is 0.224 e. The molecule has 2 aromatic heterocycles. The van der Waals surface area contributed by atoms with E-state index in [0.29, 0.717) is 0 Å². The number of thiazole rings is 1. The Balaban J connectivity index is 1.27. The van der Waals surface area contributed by atoms with Gasteiger partial charge in [-0.3, -0.25) is 4.79 Å². The SMILES string of the molecule is O=C(NCCCN1CCCC1)[C@H]1CCCN(c2nc3cccnc3s2)C1. The summed E-state index contributed by atoms with van der Waals surface area (Å²) in [5, 5.41) is 4.14. The first-order valence-corrected chi connectivity index (χ1v) is 10.6. The third-order valence-corrected chi connectivity index (χ3v) is 6.41. The zero-order chi connectivity index (χ0) is 17.8. The Labute approximate surface area is 158 Å². The summed E-state index contributed by atoms with van der Waals surface area (Å²) in [6, 6.07) is 3.91. The van der Waals surface area contributed by atoms with E-state index in [1.807, 2.05) is 12.1 Å². The Hall–Kier alpha value is -1.73. The number of likely N-dealkylation sites (tertiary alicyclic amines) is 1. The highest BCUT2D eigenvalue weighted by Gasteiger charge is 2.27. The third kappa shape index (κ3) is 4.15. The van der Waals surface area contributed by atoms with E-state index < -0.39 is 0 Å². The van der Waals surface area contributed by atoms with Crippen molar-refractivity contribution in [2.45, 2.75) is 32.1 Å². The van der Waals surface area contributed by atoms with Gasteiger partial charge in [-0.15, -0.1) is 0 Å². The largest absolute Gasteiger partial charge is 0.356 e. The van der Waals surface area contributed by atoms with Crippen molar-refractivity contribution in [1.29, 1.82) is 0 Å². The second-order valence-electron chi connectivity index (χ2n) is 7.30. The number of fused-ring (bicyclic) bond motifs is 1. The number of anilines is 1. The van der Waals surface area contributed by atoms with Crippen LogP contribution in [0.2, 0.25) is 0 Å². The highest BCUT2D eigenvalue weighted by molar-refractivity contribution is 7.21. The number of pyridine rings is 1. The van der Waals surface area contributed by atoms with Gasteiger partial charge in [0.05, 0.1) is 5.92 Å². The van der Waals surface area contributed by atoms with Crippen LogP contribution in [0.1, 0.15) is 32.1 Å². The Morgan fingerprint density at radius 1 is 1.27 bits per heavy atom. The molecule has 1 atom stereocenters. The standard InChI is InChI=1S/C19H27N5OS/c25-17(20-9-5-12-23-10-1-2-11-23)15-6-4-13-24(14-15)19-22-16-7-3-8-21-18(16)26-19/h3,7-8,15H,1-2,4-6,9-14H2,(H,20,25)/t15-/m0/s1. The molecule has 7 heteroatoms. The Kier molecular flexibility index (Phi) is 5.65. The van der Waals surface area contributed by atoms with Crippen LogP contribution in [0, 0.1) is 5.92 Å². The molecule has 6 nitrogen and oxygen atoms in total. The number of nitrogens with one attached hydrogen (secondary N) is 1. The van der Waals surface area contributed by atoms with Crippen LogP contribution in [0.4, 0.5) is 5.13 Å². The summed E-state index contributed by atoms with van der Waals surface area (Å²) in [6.45, 7) is 6.08. The van der Waals surface area contributed by atoms with Gasteiger partial charge < -0.3 is 15.1 Å². The molecule has 2 aromatic rings. The molecule has 2 saturated heterocycles. The number of nitrogens with zero attached hydrogens (tertiary/aromatic N) is 4. The smallest absolute Gasteiger partial charge is 0.224 e. The molecule has 0 aromatic carbocycles. The summed E-state index contributed by atoms with van der Waals surface area (Å²) in [5.74, 6) is 0.269. The molecule has 0 unspecified atom stereocenters. The molecule has 2 fully saturated rings. The van der Waals surface area contributed by atoms with E-state index in [2.05, 4.69) is 20.1 Å². The molecule has 2 aliphatic heterocycles. The summed E-state index contributed by atoms with van der Waals surface area (Å²) >= 11 is 1.62. The van der Waals surface area contributed by atoms with E-state index in [-0.39, 0.29) is 11.8 Å². The van der Waals surface area contributed by atoms with E-state index >= 15 is 0 Å². The number of carbonyl (C=O) groups is 1. The predicted molar refractivity (Wildman–Crippen MR) is 106 cm³/mol. The lowest BCUT2D eigenvalue weighted by Gasteiger charge is -2.31. The molecule has 0 saturated carbocycles. The molecule has 1 amide bonds. The second kappa shape index (κ2) is 8.31. The fourth-order valence-corrected chi connectivity index (χ4v) is 4.87. The van der Waals surface area contributed by atoms with Crippen molar-refractivity contribution in [3.63, 3.8) is 0 Å². The minimum absolute atomic E-state index is 0.0653. The molecular formula is C19H27N5OS. The lowest BCUT2D eigenvalue weighted by molar-refractivity contribution is -0.125. The van der Waals surface area contributed by atoms with Gasteiger partial charge in [0.15, 0.2) is 5.13 Å². The van der Waals surface area contributed by atoms with Crippen molar-refractivity contribution < 1.29 is 4.79 Å². The van der Waals surface area contributed by atoms with Crippen molar-refractivity contribution in [2.75, 3.05) is 44.2 Å². The van der Waals surface area contributed by atoms with Gasteiger partial charge in [0.1, 0.15) is 10.3 Å². The molecule has 1 N–H and O–H groups in total. The van der Waals surface area contributed by atoms with Crippen molar-refractivity contribution in [3.05, 3.63) is 18.3 Å². The lowest BCUT2D eigenvalue weighted by atomic mass is 9.97. The van der Waals surface area contributed by atoms with Gasteiger partial charge in [-0.25, -0.2) is 9.97 Å². The minimum atomic E-state index is 0.0653. The van der Waals surface area contributed by atoms with Crippen LogP contribution < -0.4 is 10.2 Å². The molecule has 2 aliphatic rings. The van der Waals surface area contributed by atoms with Crippen LogP contribution in [-0.2, 0) is 4.79 Å². The number of carbonyl (C=O) groups excluding carboxylic acids is 1. The summed E-state index contributed by atoms with van der Waals surface area (Å²) in [4.78, 5) is 27.4. The topological polar surface area (TPSA) is 61.4 Å².